The molecule has 6 heteroatoms. The monoisotopic (exact) mass is 466 g/mol. The van der Waals surface area contributed by atoms with Crippen molar-refractivity contribution in [3.63, 3.8) is 0 Å². The predicted octanol–water partition coefficient (Wildman–Crippen LogP) is 5.45. The summed E-state index contributed by atoms with van der Waals surface area (Å²) in [7, 11) is 0. The van der Waals surface area contributed by atoms with E-state index >= 15 is 0 Å². The third-order valence-electron chi connectivity index (χ3n) is 6.99. The lowest BCUT2D eigenvalue weighted by atomic mass is 10.1. The van der Waals surface area contributed by atoms with E-state index in [0.717, 1.165) is 85.2 Å². The van der Waals surface area contributed by atoms with E-state index in [-0.39, 0.29) is 5.43 Å². The highest BCUT2D eigenvalue weighted by atomic mass is 35.5. The fourth-order valence-corrected chi connectivity index (χ4v) is 5.16. The van der Waals surface area contributed by atoms with Crippen molar-refractivity contribution in [1.82, 2.24) is 18.9 Å². The zero-order valence-corrected chi connectivity index (χ0v) is 21.0. The number of hydrogen-bond acceptors (Lipinski definition) is 3. The lowest BCUT2D eigenvalue weighted by Crippen LogP contribution is -2.28. The smallest absolute Gasteiger partial charge is 0.213 e. The predicted molar refractivity (Wildman–Crippen MR) is 142 cm³/mol. The van der Waals surface area contributed by atoms with Gasteiger partial charge in [0, 0.05) is 42.0 Å². The average molecular weight is 467 g/mol. The van der Waals surface area contributed by atoms with E-state index in [1.807, 2.05) is 30.3 Å². The molecule has 0 saturated carbocycles. The first-order valence-electron chi connectivity index (χ1n) is 12.2. The molecule has 5 nitrogen and oxygen atoms in total. The lowest BCUT2D eigenvalue weighted by molar-refractivity contribution is 0.292. The Morgan fingerprint density at radius 3 is 1.88 bits per heavy atom. The summed E-state index contributed by atoms with van der Waals surface area (Å²) >= 11 is 6.47. The fourth-order valence-electron chi connectivity index (χ4n) is 4.99. The number of hydrogen-bond donors (Lipinski definition) is 0. The molecule has 0 atom stereocenters. The first kappa shape index (κ1) is 23.8. The number of rotatable bonds is 10. The largest absolute Gasteiger partial charge is 0.337 e. The number of nitrogens with zero attached hydrogens (tertiary/aromatic N) is 4. The van der Waals surface area contributed by atoms with Crippen LogP contribution in [0.4, 0.5) is 0 Å². The van der Waals surface area contributed by atoms with E-state index in [0.29, 0.717) is 5.02 Å². The van der Waals surface area contributed by atoms with Crippen molar-refractivity contribution >= 4 is 44.4 Å². The summed E-state index contributed by atoms with van der Waals surface area (Å²) in [6.45, 7) is 16.2. The first-order chi connectivity index (χ1) is 16.0. The van der Waals surface area contributed by atoms with Crippen LogP contribution in [-0.4, -0.2) is 58.2 Å². The van der Waals surface area contributed by atoms with Gasteiger partial charge in [-0.05, 0) is 56.5 Å². The Morgan fingerprint density at radius 2 is 1.27 bits per heavy atom. The standard InChI is InChI=1S/C27H35ClN4O/c1-5-29(6-2)15-17-31-23-12-10-9-11-21(23)27(33)26-25(31)22-19-20(28)13-14-24(22)32(26)18-16-30(7-3)8-4/h9-14,19H,5-8,15-18H2,1-4H3. The van der Waals surface area contributed by atoms with Gasteiger partial charge >= 0.3 is 0 Å². The molecule has 0 amide bonds. The van der Waals surface area contributed by atoms with Crippen molar-refractivity contribution in [2.45, 2.75) is 40.8 Å². The van der Waals surface area contributed by atoms with Gasteiger partial charge in [-0.3, -0.25) is 4.79 Å². The highest BCUT2D eigenvalue weighted by molar-refractivity contribution is 6.31. The number of likely N-dealkylation sites (N-methyl/N-ethyl adjacent to an activating group) is 2. The van der Waals surface area contributed by atoms with Gasteiger partial charge in [0.25, 0.3) is 0 Å². The SMILES string of the molecule is CCN(CC)CCn1c2ccc(Cl)cc2c2c1c(=O)c1ccccc1n2CCN(CC)CC. The van der Waals surface area contributed by atoms with Crippen molar-refractivity contribution in [2.75, 3.05) is 39.3 Å². The molecule has 4 aromatic rings. The minimum absolute atomic E-state index is 0.103. The Bertz CT molecular complexity index is 1310. The van der Waals surface area contributed by atoms with Crippen LogP contribution in [0.3, 0.4) is 0 Å². The quantitative estimate of drug-likeness (QED) is 0.311. The van der Waals surface area contributed by atoms with Crippen LogP contribution in [0.2, 0.25) is 5.02 Å². The molecule has 0 fully saturated rings. The highest BCUT2D eigenvalue weighted by Crippen LogP contribution is 2.32. The normalized spacial score (nSPS) is 12.2. The average Bonchev–Trinajstić information content (AvgIpc) is 3.15. The van der Waals surface area contributed by atoms with Crippen LogP contribution in [0.15, 0.2) is 47.3 Å². The molecule has 0 aliphatic heterocycles. The van der Waals surface area contributed by atoms with Gasteiger partial charge in [-0.1, -0.05) is 51.4 Å². The molecule has 0 N–H and O–H groups in total. The second-order valence-electron chi connectivity index (χ2n) is 8.56. The first-order valence-corrected chi connectivity index (χ1v) is 12.6. The maximum Gasteiger partial charge on any atom is 0.213 e. The maximum atomic E-state index is 13.9. The number of fused-ring (bicyclic) bond motifs is 4. The molecule has 0 unspecified atom stereocenters. The summed E-state index contributed by atoms with van der Waals surface area (Å²) in [5, 5.41) is 2.53. The number of benzene rings is 2. The van der Waals surface area contributed by atoms with Gasteiger partial charge < -0.3 is 18.9 Å². The molecular weight excluding hydrogens is 432 g/mol. The van der Waals surface area contributed by atoms with Crippen LogP contribution in [0, 0.1) is 0 Å². The molecular formula is C27H35ClN4O. The summed E-state index contributed by atoms with van der Waals surface area (Å²) < 4.78 is 4.57. The number of pyridine rings is 1. The van der Waals surface area contributed by atoms with E-state index in [1.54, 1.807) is 0 Å². The van der Waals surface area contributed by atoms with Gasteiger partial charge in [0.15, 0.2) is 0 Å². The van der Waals surface area contributed by atoms with Crippen LogP contribution in [-0.2, 0) is 13.1 Å². The van der Waals surface area contributed by atoms with Crippen LogP contribution in [0.1, 0.15) is 27.7 Å². The minimum Gasteiger partial charge on any atom is -0.337 e. The zero-order valence-electron chi connectivity index (χ0n) is 20.3. The number of aromatic nitrogens is 2. The van der Waals surface area contributed by atoms with Gasteiger partial charge in [-0.15, -0.1) is 0 Å². The third-order valence-corrected chi connectivity index (χ3v) is 7.23. The Morgan fingerprint density at radius 1 is 0.727 bits per heavy atom. The molecule has 0 aliphatic rings. The molecule has 0 saturated heterocycles. The molecule has 33 heavy (non-hydrogen) atoms. The maximum absolute atomic E-state index is 13.9. The minimum atomic E-state index is 0.103. The third kappa shape index (κ3) is 4.42. The fraction of sp³-hybridized carbons (Fsp3) is 0.444. The Hall–Kier alpha value is -2.34. The number of halogens is 1. The van der Waals surface area contributed by atoms with Crippen molar-refractivity contribution in [1.29, 1.82) is 0 Å². The van der Waals surface area contributed by atoms with Crippen LogP contribution >= 0.6 is 11.6 Å². The van der Waals surface area contributed by atoms with Crippen LogP contribution < -0.4 is 5.43 Å². The summed E-state index contributed by atoms with van der Waals surface area (Å²) in [6.07, 6.45) is 0. The van der Waals surface area contributed by atoms with Gasteiger partial charge in [0.1, 0.15) is 5.52 Å². The van der Waals surface area contributed by atoms with Gasteiger partial charge in [-0.25, -0.2) is 0 Å². The van der Waals surface area contributed by atoms with Crippen molar-refractivity contribution in [3.8, 4) is 0 Å². The molecule has 176 valence electrons. The Kier molecular flexibility index (Phi) is 7.42. The van der Waals surface area contributed by atoms with E-state index in [1.165, 1.54) is 0 Å². The topological polar surface area (TPSA) is 33.4 Å². The van der Waals surface area contributed by atoms with Crippen molar-refractivity contribution < 1.29 is 0 Å². The Balaban J connectivity index is 2.03. The van der Waals surface area contributed by atoms with E-state index in [2.05, 4.69) is 58.8 Å². The number of para-hydroxylation sites is 1. The summed E-state index contributed by atoms with van der Waals surface area (Å²) in [5.74, 6) is 0. The molecule has 2 aromatic carbocycles. The second kappa shape index (κ2) is 10.3. The molecule has 0 spiro atoms. The summed E-state index contributed by atoms with van der Waals surface area (Å²) in [5.41, 5.74) is 3.96. The molecule has 2 aromatic heterocycles. The Labute approximate surface area is 201 Å². The van der Waals surface area contributed by atoms with Crippen molar-refractivity contribution in [2.24, 2.45) is 0 Å². The van der Waals surface area contributed by atoms with E-state index in [4.69, 9.17) is 11.6 Å². The van der Waals surface area contributed by atoms with Crippen LogP contribution in [0.5, 0.6) is 0 Å². The van der Waals surface area contributed by atoms with E-state index < -0.39 is 0 Å². The highest BCUT2D eigenvalue weighted by Gasteiger charge is 2.20. The van der Waals surface area contributed by atoms with Gasteiger partial charge in [-0.2, -0.15) is 0 Å². The molecule has 4 rings (SSSR count). The second-order valence-corrected chi connectivity index (χ2v) is 9.00. The molecule has 0 radical (unpaired) electrons. The van der Waals surface area contributed by atoms with Gasteiger partial charge in [0.2, 0.25) is 5.43 Å². The lowest BCUT2D eigenvalue weighted by Gasteiger charge is -2.21. The molecule has 2 heterocycles. The van der Waals surface area contributed by atoms with Crippen LogP contribution in [0.25, 0.3) is 32.8 Å². The zero-order chi connectivity index (χ0) is 23.5. The summed E-state index contributed by atoms with van der Waals surface area (Å²) in [6, 6.07) is 14.0. The van der Waals surface area contributed by atoms with E-state index in [9.17, 15) is 4.79 Å². The summed E-state index contributed by atoms with van der Waals surface area (Å²) in [4.78, 5) is 18.7. The van der Waals surface area contributed by atoms with Crippen molar-refractivity contribution in [3.05, 3.63) is 57.7 Å². The molecule has 0 bridgehead atoms. The molecule has 0 aliphatic carbocycles. The van der Waals surface area contributed by atoms with Gasteiger partial charge in [0.05, 0.1) is 16.6 Å².